The van der Waals surface area contributed by atoms with E-state index in [1.165, 1.54) is 4.31 Å². The van der Waals surface area contributed by atoms with Crippen LogP contribution >= 0.6 is 0 Å². The highest BCUT2D eigenvalue weighted by Crippen LogP contribution is 2.33. The van der Waals surface area contributed by atoms with Gasteiger partial charge in [0.05, 0.1) is 25.7 Å². The molecule has 0 radical (unpaired) electrons. The molecule has 11 heteroatoms. The number of anilines is 1. The molecule has 1 saturated heterocycles. The lowest BCUT2D eigenvalue weighted by Crippen LogP contribution is -2.49. The monoisotopic (exact) mass is 671 g/mol. The Labute approximate surface area is 284 Å². The lowest BCUT2D eigenvalue weighted by Gasteiger charge is -2.35. The normalized spacial score (nSPS) is 15.0. The number of fused-ring (bicyclic) bond motifs is 1. The van der Waals surface area contributed by atoms with E-state index in [1.54, 1.807) is 29.2 Å². The highest BCUT2D eigenvalue weighted by atomic mass is 32.2. The van der Waals surface area contributed by atoms with Crippen LogP contribution < -0.4 is 9.62 Å². The van der Waals surface area contributed by atoms with Crippen molar-refractivity contribution in [3.8, 4) is 0 Å². The Hall–Kier alpha value is -4.13. The van der Waals surface area contributed by atoms with E-state index in [0.29, 0.717) is 44.0 Å². The van der Waals surface area contributed by atoms with Crippen LogP contribution in [0.15, 0.2) is 97.1 Å². The molecule has 5 rings (SSSR count). The molecule has 4 aromatic carbocycles. The lowest BCUT2D eigenvalue weighted by molar-refractivity contribution is -0.135. The van der Waals surface area contributed by atoms with Crippen LogP contribution in [0.2, 0.25) is 0 Å². The van der Waals surface area contributed by atoms with Crippen LogP contribution in [-0.4, -0.2) is 86.0 Å². The van der Waals surface area contributed by atoms with Crippen molar-refractivity contribution in [1.29, 1.82) is 0 Å². The summed E-state index contributed by atoms with van der Waals surface area (Å²) in [5.41, 5.74) is 2.95. The Morgan fingerprint density at radius 3 is 2.10 bits per heavy atom. The van der Waals surface area contributed by atoms with E-state index in [9.17, 15) is 28.6 Å². The van der Waals surface area contributed by atoms with E-state index >= 15 is 0 Å². The summed E-state index contributed by atoms with van der Waals surface area (Å²) < 4.78 is 26.9. The van der Waals surface area contributed by atoms with Crippen molar-refractivity contribution in [2.24, 2.45) is 0 Å². The number of amides is 2. The molecule has 2 amide bonds. The third-order valence-corrected chi connectivity index (χ3v) is 9.53. The molecule has 0 aromatic heterocycles. The second-order valence-corrected chi connectivity index (χ2v) is 12.9. The maximum atomic E-state index is 13.9. The zero-order chi connectivity index (χ0) is 33.9. The van der Waals surface area contributed by atoms with Crippen LogP contribution in [0.25, 0.3) is 10.8 Å². The van der Waals surface area contributed by atoms with Gasteiger partial charge >= 0.3 is 0 Å². The van der Waals surface area contributed by atoms with Crippen molar-refractivity contribution < 1.29 is 28.6 Å². The minimum Gasteiger partial charge on any atom is -0.755 e. The van der Waals surface area contributed by atoms with Gasteiger partial charge in [0, 0.05) is 56.1 Å². The first kappa shape index (κ1) is 35.2. The Morgan fingerprint density at radius 1 is 0.833 bits per heavy atom. The molecule has 3 N–H and O–H groups in total. The summed E-state index contributed by atoms with van der Waals surface area (Å²) in [4.78, 5) is 31.3. The van der Waals surface area contributed by atoms with E-state index in [0.717, 1.165) is 34.7 Å². The highest BCUT2D eigenvalue weighted by molar-refractivity contribution is 7.80. The fourth-order valence-electron chi connectivity index (χ4n) is 6.31. The number of rotatable bonds is 16. The van der Waals surface area contributed by atoms with E-state index in [4.69, 9.17) is 0 Å². The summed E-state index contributed by atoms with van der Waals surface area (Å²) in [6.45, 7) is 2.71. The minimum absolute atomic E-state index is 0.00600. The van der Waals surface area contributed by atoms with Crippen molar-refractivity contribution in [3.63, 3.8) is 0 Å². The second-order valence-electron chi connectivity index (χ2n) is 12.1. The molecule has 3 unspecified atom stereocenters. The number of carbonyl (C=O) groups excluding carboxylic acids is 2. The summed E-state index contributed by atoms with van der Waals surface area (Å²) >= 11 is -2.71. The standard InChI is InChI=1S/C37H44N4O6S/c42-22-20-39(21-23-43)27-29-14-12-28(13-15-29)24-34(37(45)40-18-6-7-19-40)38-36(44)26-35(31-9-2-1-3-10-31)41(48(46)47)33-17-16-30-8-4-5-11-32(30)25-33/h1-5,8-17,25,34-35,42-43H,6-7,18-24,26-27H2,(H,38,44)(H,46,47)/p-1. The smallest absolute Gasteiger partial charge is 0.245 e. The Kier molecular flexibility index (Phi) is 12.7. The number of benzene rings is 4. The molecule has 1 fully saturated rings. The molecule has 254 valence electrons. The number of likely N-dealkylation sites (tertiary alicyclic amines) is 1. The van der Waals surface area contributed by atoms with Gasteiger partial charge in [-0.05, 0) is 52.4 Å². The Balaban J connectivity index is 1.38. The van der Waals surface area contributed by atoms with Crippen LogP contribution in [0.3, 0.4) is 0 Å². The number of hydrogen-bond acceptors (Lipinski definition) is 7. The van der Waals surface area contributed by atoms with Gasteiger partial charge in [0.25, 0.3) is 0 Å². The first-order valence-corrected chi connectivity index (χ1v) is 17.4. The molecular formula is C37H43N4O6S-. The predicted octanol–water partition coefficient (Wildman–Crippen LogP) is 3.71. The largest absolute Gasteiger partial charge is 0.755 e. The summed E-state index contributed by atoms with van der Waals surface area (Å²) in [6, 6.07) is 28.2. The average molecular weight is 672 g/mol. The van der Waals surface area contributed by atoms with Gasteiger partial charge in [-0.2, -0.15) is 0 Å². The number of carbonyl (C=O) groups is 2. The fourth-order valence-corrected chi connectivity index (χ4v) is 7.00. The molecule has 48 heavy (non-hydrogen) atoms. The quantitative estimate of drug-likeness (QED) is 0.155. The molecule has 0 aliphatic carbocycles. The van der Waals surface area contributed by atoms with E-state index in [2.05, 4.69) is 5.32 Å². The van der Waals surface area contributed by atoms with Gasteiger partial charge in [-0.25, -0.2) is 0 Å². The van der Waals surface area contributed by atoms with Crippen LogP contribution in [0, 0.1) is 0 Å². The summed E-state index contributed by atoms with van der Waals surface area (Å²) in [6.07, 6.45) is 1.89. The van der Waals surface area contributed by atoms with Gasteiger partial charge < -0.3 is 25.0 Å². The topological polar surface area (TPSA) is 136 Å². The summed E-state index contributed by atoms with van der Waals surface area (Å²) in [7, 11) is 0. The van der Waals surface area contributed by atoms with Crippen LogP contribution in [-0.2, 0) is 33.8 Å². The maximum absolute atomic E-state index is 13.9. The highest BCUT2D eigenvalue weighted by Gasteiger charge is 2.31. The van der Waals surface area contributed by atoms with Crippen LogP contribution in [0.1, 0.15) is 42.0 Å². The number of nitrogens with zero attached hydrogens (tertiary/aromatic N) is 3. The molecule has 10 nitrogen and oxygen atoms in total. The summed E-state index contributed by atoms with van der Waals surface area (Å²) in [5, 5.41) is 23.5. The van der Waals surface area contributed by atoms with Crippen molar-refractivity contribution in [1.82, 2.24) is 15.1 Å². The zero-order valence-corrected chi connectivity index (χ0v) is 27.8. The van der Waals surface area contributed by atoms with E-state index < -0.39 is 29.3 Å². The van der Waals surface area contributed by atoms with Gasteiger partial charge in [-0.1, -0.05) is 84.9 Å². The number of nitrogens with one attached hydrogen (secondary N) is 1. The summed E-state index contributed by atoms with van der Waals surface area (Å²) in [5.74, 6) is -0.588. The number of aliphatic hydroxyl groups is 2. The second kappa shape index (κ2) is 17.3. The maximum Gasteiger partial charge on any atom is 0.245 e. The molecule has 3 atom stereocenters. The van der Waals surface area contributed by atoms with Crippen LogP contribution in [0.5, 0.6) is 0 Å². The molecule has 0 saturated carbocycles. The minimum atomic E-state index is -2.71. The first-order valence-electron chi connectivity index (χ1n) is 16.4. The van der Waals surface area contributed by atoms with Gasteiger partial charge in [0.15, 0.2) is 0 Å². The molecule has 1 heterocycles. The Morgan fingerprint density at radius 2 is 1.46 bits per heavy atom. The molecule has 0 bridgehead atoms. The van der Waals surface area contributed by atoms with Crippen molar-refractivity contribution >= 4 is 39.5 Å². The van der Waals surface area contributed by atoms with Gasteiger partial charge in [-0.3, -0.25) is 23.0 Å². The van der Waals surface area contributed by atoms with Gasteiger partial charge in [0.1, 0.15) is 6.04 Å². The molecule has 1 aliphatic heterocycles. The fraction of sp³-hybridized carbons (Fsp3) is 0.351. The molecule has 0 spiro atoms. The van der Waals surface area contributed by atoms with E-state index in [-0.39, 0.29) is 32.0 Å². The zero-order valence-electron chi connectivity index (χ0n) is 26.9. The predicted molar refractivity (Wildman–Crippen MR) is 186 cm³/mol. The third kappa shape index (κ3) is 9.27. The SMILES string of the molecule is O=C(CC(c1ccccc1)N(c1ccc2ccccc2c1)S(=O)[O-])NC(Cc1ccc(CN(CCO)CCO)cc1)C(=O)N1CCCC1. The number of aliphatic hydroxyl groups excluding tert-OH is 2. The van der Waals surface area contributed by atoms with E-state index in [1.807, 2.05) is 77.7 Å². The van der Waals surface area contributed by atoms with Gasteiger partial charge in [0.2, 0.25) is 11.8 Å². The number of hydrogen-bond donors (Lipinski definition) is 3. The molecule has 4 aromatic rings. The van der Waals surface area contributed by atoms with Crippen molar-refractivity contribution in [2.75, 3.05) is 43.7 Å². The lowest BCUT2D eigenvalue weighted by atomic mass is 10.00. The molecular weight excluding hydrogens is 628 g/mol. The average Bonchev–Trinajstić information content (AvgIpc) is 3.64. The van der Waals surface area contributed by atoms with Gasteiger partial charge in [-0.15, -0.1) is 0 Å². The van der Waals surface area contributed by atoms with Crippen molar-refractivity contribution in [3.05, 3.63) is 114 Å². The first-order chi connectivity index (χ1) is 23.4. The third-order valence-electron chi connectivity index (χ3n) is 8.75. The van der Waals surface area contributed by atoms with Crippen LogP contribution in [0.4, 0.5) is 5.69 Å². The Bertz CT molecular complexity index is 1660. The van der Waals surface area contributed by atoms with Crippen molar-refractivity contribution in [2.45, 2.75) is 44.3 Å². The molecule has 1 aliphatic rings.